The predicted molar refractivity (Wildman–Crippen MR) is 72.9 cm³/mol. The number of hydrogen-bond acceptors (Lipinski definition) is 3. The Hall–Kier alpha value is -1.17. The number of carbonyl (C=O) groups excluding carboxylic acids is 1. The number of benzene rings is 1. The molecule has 1 aromatic carbocycles. The molecule has 20 heavy (non-hydrogen) atoms. The van der Waals surface area contributed by atoms with Crippen molar-refractivity contribution in [2.24, 2.45) is 5.92 Å². The Labute approximate surface area is 121 Å². The molecule has 3 atom stereocenters. The number of aliphatic hydroxyl groups is 1. The Kier molecular flexibility index (Phi) is 4.96. The molecule has 4 nitrogen and oxygen atoms in total. The van der Waals surface area contributed by atoms with Gasteiger partial charge in [0, 0.05) is 17.2 Å². The minimum Gasteiger partial charge on any atom is -0.386 e. The molecule has 0 aromatic heterocycles. The lowest BCUT2D eigenvalue weighted by Crippen LogP contribution is -2.41. The van der Waals surface area contributed by atoms with Crippen LogP contribution in [-0.2, 0) is 9.53 Å². The van der Waals surface area contributed by atoms with Crippen molar-refractivity contribution in [3.63, 3.8) is 0 Å². The highest BCUT2D eigenvalue weighted by Gasteiger charge is 2.28. The van der Waals surface area contributed by atoms with Crippen LogP contribution in [0.15, 0.2) is 18.2 Å². The van der Waals surface area contributed by atoms with Crippen molar-refractivity contribution >= 4 is 17.5 Å². The molecule has 1 heterocycles. The zero-order valence-electron chi connectivity index (χ0n) is 11.1. The molecule has 6 heteroatoms. The number of carbonyl (C=O) groups is 1. The number of rotatable bonds is 4. The Morgan fingerprint density at radius 2 is 2.35 bits per heavy atom. The number of amides is 1. The van der Waals surface area contributed by atoms with E-state index in [9.17, 15) is 14.3 Å². The zero-order chi connectivity index (χ0) is 14.7. The van der Waals surface area contributed by atoms with Gasteiger partial charge in [-0.25, -0.2) is 4.39 Å². The molecule has 2 N–H and O–H groups in total. The lowest BCUT2D eigenvalue weighted by molar-refractivity contribution is -0.126. The van der Waals surface area contributed by atoms with Gasteiger partial charge in [-0.05, 0) is 25.5 Å². The van der Waals surface area contributed by atoms with Crippen LogP contribution in [-0.4, -0.2) is 30.3 Å². The Bertz CT molecular complexity index is 471. The first-order valence-corrected chi connectivity index (χ1v) is 6.88. The van der Waals surface area contributed by atoms with E-state index < -0.39 is 18.0 Å². The third-order valence-electron chi connectivity index (χ3n) is 3.44. The second-order valence-corrected chi connectivity index (χ2v) is 5.35. The summed E-state index contributed by atoms with van der Waals surface area (Å²) >= 11 is 5.90. The van der Waals surface area contributed by atoms with Crippen molar-refractivity contribution in [1.82, 2.24) is 5.32 Å². The van der Waals surface area contributed by atoms with Crippen molar-refractivity contribution in [2.75, 3.05) is 13.2 Å². The first-order valence-electron chi connectivity index (χ1n) is 6.50. The Morgan fingerprint density at radius 3 is 2.95 bits per heavy atom. The molecule has 2 rings (SSSR count). The van der Waals surface area contributed by atoms with E-state index in [0.29, 0.717) is 19.6 Å². The minimum absolute atomic E-state index is 0.00430. The first kappa shape index (κ1) is 15.2. The van der Waals surface area contributed by atoms with Gasteiger partial charge in [-0.2, -0.15) is 0 Å². The highest BCUT2D eigenvalue weighted by atomic mass is 35.5. The van der Waals surface area contributed by atoms with Gasteiger partial charge in [-0.15, -0.1) is 0 Å². The molecule has 1 aliphatic rings. The van der Waals surface area contributed by atoms with Gasteiger partial charge in [0.15, 0.2) is 0 Å². The van der Waals surface area contributed by atoms with Gasteiger partial charge < -0.3 is 15.2 Å². The first-order chi connectivity index (χ1) is 9.50. The summed E-state index contributed by atoms with van der Waals surface area (Å²) in [5, 5.41) is 13.0. The molecule has 0 spiro atoms. The van der Waals surface area contributed by atoms with Crippen molar-refractivity contribution in [3.8, 4) is 0 Å². The van der Waals surface area contributed by atoms with E-state index in [1.165, 1.54) is 18.2 Å². The maximum Gasteiger partial charge on any atom is 0.225 e. The van der Waals surface area contributed by atoms with E-state index in [-0.39, 0.29) is 22.4 Å². The minimum atomic E-state index is -1.20. The van der Waals surface area contributed by atoms with Crippen LogP contribution in [0.5, 0.6) is 0 Å². The van der Waals surface area contributed by atoms with E-state index in [1.54, 1.807) is 6.92 Å². The fourth-order valence-corrected chi connectivity index (χ4v) is 2.48. The summed E-state index contributed by atoms with van der Waals surface area (Å²) in [6.07, 6.45) is -0.537. The zero-order valence-corrected chi connectivity index (χ0v) is 11.9. The molecule has 0 radical (unpaired) electrons. The van der Waals surface area contributed by atoms with E-state index in [1.807, 2.05) is 0 Å². The number of halogens is 2. The molecule has 1 aromatic rings. The molecule has 0 aliphatic carbocycles. The van der Waals surface area contributed by atoms with Gasteiger partial charge in [-0.1, -0.05) is 17.7 Å². The topological polar surface area (TPSA) is 58.6 Å². The summed E-state index contributed by atoms with van der Waals surface area (Å²) in [5.74, 6) is -0.988. The largest absolute Gasteiger partial charge is 0.386 e. The van der Waals surface area contributed by atoms with Crippen LogP contribution in [0.2, 0.25) is 5.02 Å². The average Bonchev–Trinajstić information content (AvgIpc) is 2.92. The summed E-state index contributed by atoms with van der Waals surface area (Å²) in [5.41, 5.74) is 0.00430. The number of aliphatic hydroxyl groups excluding tert-OH is 1. The van der Waals surface area contributed by atoms with Crippen LogP contribution in [0.25, 0.3) is 0 Å². The number of nitrogens with one attached hydrogen (secondary N) is 1. The third kappa shape index (κ3) is 3.29. The Balaban J connectivity index is 2.04. The molecule has 1 aliphatic heterocycles. The van der Waals surface area contributed by atoms with Gasteiger partial charge >= 0.3 is 0 Å². The van der Waals surface area contributed by atoms with Crippen molar-refractivity contribution in [3.05, 3.63) is 34.6 Å². The fourth-order valence-electron chi connectivity index (χ4n) is 2.21. The molecule has 0 bridgehead atoms. The molecule has 110 valence electrons. The van der Waals surface area contributed by atoms with Gasteiger partial charge in [-0.3, -0.25) is 4.79 Å². The molecule has 0 unspecified atom stereocenters. The third-order valence-corrected chi connectivity index (χ3v) is 3.77. The molecule has 1 amide bonds. The maximum absolute atomic E-state index is 13.7. The molecular weight excluding hydrogens is 285 g/mol. The second kappa shape index (κ2) is 6.52. The lowest BCUT2D eigenvalue weighted by Gasteiger charge is -2.23. The summed E-state index contributed by atoms with van der Waals surface area (Å²) in [6.45, 7) is 2.56. The maximum atomic E-state index is 13.7. The Morgan fingerprint density at radius 1 is 1.60 bits per heavy atom. The van der Waals surface area contributed by atoms with E-state index in [4.69, 9.17) is 16.3 Å². The van der Waals surface area contributed by atoms with Gasteiger partial charge in [0.25, 0.3) is 0 Å². The van der Waals surface area contributed by atoms with Crippen LogP contribution in [0.3, 0.4) is 0 Å². The van der Waals surface area contributed by atoms with Crippen LogP contribution in [0.4, 0.5) is 4.39 Å². The van der Waals surface area contributed by atoms with Crippen LogP contribution in [0.1, 0.15) is 25.0 Å². The highest BCUT2D eigenvalue weighted by molar-refractivity contribution is 6.31. The highest BCUT2D eigenvalue weighted by Crippen LogP contribution is 2.28. The summed E-state index contributed by atoms with van der Waals surface area (Å²) in [4.78, 5) is 11.9. The van der Waals surface area contributed by atoms with Crippen molar-refractivity contribution in [1.29, 1.82) is 0 Å². The van der Waals surface area contributed by atoms with Crippen LogP contribution >= 0.6 is 11.6 Å². The van der Waals surface area contributed by atoms with Gasteiger partial charge in [0.2, 0.25) is 5.91 Å². The van der Waals surface area contributed by atoms with E-state index >= 15 is 0 Å². The average molecular weight is 302 g/mol. The van der Waals surface area contributed by atoms with Gasteiger partial charge in [0.05, 0.1) is 18.6 Å². The normalized spacial score (nSPS) is 21.5. The number of ether oxygens (including phenoxy) is 1. The second-order valence-electron chi connectivity index (χ2n) is 4.94. The summed E-state index contributed by atoms with van der Waals surface area (Å²) < 4.78 is 18.9. The van der Waals surface area contributed by atoms with E-state index in [0.717, 1.165) is 0 Å². The molecular formula is C14H17ClFNO3. The SMILES string of the molecule is C[C@H](NC(=O)[C@H]1CCOC1)[C@H](O)c1c(F)cccc1Cl. The smallest absolute Gasteiger partial charge is 0.225 e. The van der Waals surface area contributed by atoms with Crippen molar-refractivity contribution < 1.29 is 19.0 Å². The summed E-state index contributed by atoms with van der Waals surface area (Å²) in [6, 6.07) is 3.55. The van der Waals surface area contributed by atoms with Gasteiger partial charge in [0.1, 0.15) is 11.9 Å². The van der Waals surface area contributed by atoms with Crippen LogP contribution in [0, 0.1) is 11.7 Å². The predicted octanol–water partition coefficient (Wildman–Crippen LogP) is 2.05. The molecule has 1 fully saturated rings. The van der Waals surface area contributed by atoms with E-state index in [2.05, 4.69) is 5.32 Å². The fraction of sp³-hybridized carbons (Fsp3) is 0.500. The lowest BCUT2D eigenvalue weighted by atomic mass is 10.0. The monoisotopic (exact) mass is 301 g/mol. The van der Waals surface area contributed by atoms with Crippen LogP contribution < -0.4 is 5.32 Å². The summed E-state index contributed by atoms with van der Waals surface area (Å²) in [7, 11) is 0. The number of hydrogen-bond donors (Lipinski definition) is 2. The standard InChI is InChI=1S/C14H17ClFNO3/c1-8(17-14(19)9-5-6-20-7-9)13(18)12-10(15)3-2-4-11(12)16/h2-4,8-9,13,18H,5-7H2,1H3,(H,17,19)/t8-,9-,13-/m0/s1. The quantitative estimate of drug-likeness (QED) is 0.895. The van der Waals surface area contributed by atoms with Crippen molar-refractivity contribution in [2.45, 2.75) is 25.5 Å². The molecule has 0 saturated carbocycles. The molecule has 1 saturated heterocycles.